The lowest BCUT2D eigenvalue weighted by Gasteiger charge is -2.42. The molecule has 42 heavy (non-hydrogen) atoms. The molecular weight excluding hydrogens is 552 g/mol. The quantitative estimate of drug-likeness (QED) is 0.393. The number of methoxy groups -OCH3 is 2. The third kappa shape index (κ3) is 3.41. The van der Waals surface area contributed by atoms with Gasteiger partial charge >= 0.3 is 11.9 Å². The number of ether oxygens (including phenoxy) is 4. The summed E-state index contributed by atoms with van der Waals surface area (Å²) in [5, 5.41) is 43.0. The number of hydrogen-bond donors (Lipinski definition) is 4. The van der Waals surface area contributed by atoms with Crippen LogP contribution in [0.5, 0.6) is 23.0 Å². The van der Waals surface area contributed by atoms with Crippen molar-refractivity contribution >= 4 is 34.7 Å². The number of benzene rings is 2. The molecule has 214 valence electrons. The van der Waals surface area contributed by atoms with Crippen molar-refractivity contribution in [3.05, 3.63) is 81.3 Å². The van der Waals surface area contributed by atoms with Gasteiger partial charge in [0.1, 0.15) is 34.1 Å². The number of carbonyl (C=O) groups excluding carboxylic acids is 4. The SMILES string of the molecule is COc1cc(O)c2c(c1)C1=C(C3=C4c5cc(OC)cc(O)c5C(=O)OC4(C)C=C(O)C3=O)C(=O)C(O)=CC1(C)OC2=O. The Morgan fingerprint density at radius 1 is 0.619 bits per heavy atom. The van der Waals surface area contributed by atoms with Crippen LogP contribution in [-0.4, -0.2) is 69.4 Å². The van der Waals surface area contributed by atoms with E-state index in [4.69, 9.17) is 18.9 Å². The van der Waals surface area contributed by atoms with Gasteiger partial charge in [0.05, 0.1) is 14.2 Å². The summed E-state index contributed by atoms with van der Waals surface area (Å²) in [5.41, 5.74) is -5.73. The number of ketones is 2. The second kappa shape index (κ2) is 8.49. The molecule has 6 rings (SSSR count). The van der Waals surface area contributed by atoms with Gasteiger partial charge in [-0.3, -0.25) is 9.59 Å². The molecular formula is C30H22O12. The monoisotopic (exact) mass is 574 g/mol. The number of aromatic hydroxyl groups is 2. The Bertz CT molecular complexity index is 1700. The topological polar surface area (TPSA) is 186 Å². The van der Waals surface area contributed by atoms with Crippen LogP contribution in [0, 0.1) is 0 Å². The van der Waals surface area contributed by atoms with E-state index in [1.165, 1.54) is 40.2 Å². The molecule has 12 heteroatoms. The molecule has 12 nitrogen and oxygen atoms in total. The predicted molar refractivity (Wildman–Crippen MR) is 142 cm³/mol. The molecule has 0 radical (unpaired) electrons. The molecule has 4 aliphatic rings. The molecule has 2 aliphatic heterocycles. The molecule has 2 atom stereocenters. The molecule has 2 aromatic carbocycles. The lowest BCUT2D eigenvalue weighted by Crippen LogP contribution is -2.44. The Hall–Kier alpha value is -5.52. The maximum absolute atomic E-state index is 13.9. The highest BCUT2D eigenvalue weighted by atomic mass is 16.6. The van der Waals surface area contributed by atoms with E-state index in [1.54, 1.807) is 0 Å². The van der Waals surface area contributed by atoms with Crippen LogP contribution in [0.1, 0.15) is 45.7 Å². The molecule has 2 heterocycles. The first kappa shape index (κ1) is 26.7. The van der Waals surface area contributed by atoms with Crippen LogP contribution in [0.15, 0.2) is 59.1 Å². The van der Waals surface area contributed by atoms with Crippen molar-refractivity contribution < 1.29 is 58.6 Å². The van der Waals surface area contributed by atoms with Crippen molar-refractivity contribution in [3.8, 4) is 23.0 Å². The predicted octanol–water partition coefficient (Wildman–Crippen LogP) is 3.23. The first-order chi connectivity index (χ1) is 19.7. The van der Waals surface area contributed by atoms with Gasteiger partial charge in [-0.25, -0.2) is 9.59 Å². The first-order valence-electron chi connectivity index (χ1n) is 12.5. The summed E-state index contributed by atoms with van der Waals surface area (Å²) in [6.45, 7) is 2.72. The minimum Gasteiger partial charge on any atom is -0.507 e. The molecule has 2 aromatic rings. The Balaban J connectivity index is 1.84. The van der Waals surface area contributed by atoms with E-state index in [2.05, 4.69) is 0 Å². The van der Waals surface area contributed by atoms with Crippen LogP contribution in [0.25, 0.3) is 11.1 Å². The number of allylic oxidation sites excluding steroid dienone is 2. The van der Waals surface area contributed by atoms with Gasteiger partial charge in [-0.1, -0.05) is 0 Å². The summed E-state index contributed by atoms with van der Waals surface area (Å²) < 4.78 is 21.8. The Labute approximate surface area is 237 Å². The number of esters is 2. The normalized spacial score (nSPS) is 24.5. The molecule has 0 spiro atoms. The van der Waals surface area contributed by atoms with Crippen molar-refractivity contribution in [2.75, 3.05) is 14.2 Å². The number of phenols is 2. The Morgan fingerprint density at radius 3 is 1.31 bits per heavy atom. The van der Waals surface area contributed by atoms with Crippen LogP contribution in [0.3, 0.4) is 0 Å². The summed E-state index contributed by atoms with van der Waals surface area (Å²) in [6, 6.07) is 5.02. The van der Waals surface area contributed by atoms with Gasteiger partial charge in [-0.05, 0) is 26.0 Å². The first-order valence-corrected chi connectivity index (χ1v) is 12.5. The third-order valence-electron chi connectivity index (χ3n) is 7.70. The number of hydrogen-bond acceptors (Lipinski definition) is 12. The fourth-order valence-corrected chi connectivity index (χ4v) is 5.97. The van der Waals surface area contributed by atoms with E-state index in [0.29, 0.717) is 0 Å². The van der Waals surface area contributed by atoms with Gasteiger partial charge in [0.2, 0.25) is 11.6 Å². The summed E-state index contributed by atoms with van der Waals surface area (Å²) >= 11 is 0. The molecule has 4 N–H and O–H groups in total. The van der Waals surface area contributed by atoms with Gasteiger partial charge in [-0.15, -0.1) is 0 Å². The fraction of sp³-hybridized carbons (Fsp3) is 0.200. The summed E-state index contributed by atoms with van der Waals surface area (Å²) in [6.07, 6.45) is 1.98. The summed E-state index contributed by atoms with van der Waals surface area (Å²) in [4.78, 5) is 53.9. The highest BCUT2D eigenvalue weighted by molar-refractivity contribution is 6.31. The van der Waals surface area contributed by atoms with E-state index in [0.717, 1.165) is 24.3 Å². The number of aliphatic hydroxyl groups is 2. The maximum Gasteiger partial charge on any atom is 0.343 e. The van der Waals surface area contributed by atoms with E-state index in [-0.39, 0.29) is 44.9 Å². The minimum atomic E-state index is -1.86. The molecule has 0 saturated heterocycles. The van der Waals surface area contributed by atoms with Gasteiger partial charge in [0.25, 0.3) is 0 Å². The van der Waals surface area contributed by atoms with E-state index >= 15 is 0 Å². The third-order valence-corrected chi connectivity index (χ3v) is 7.70. The second-order valence-electron chi connectivity index (χ2n) is 10.3. The number of aliphatic hydroxyl groups excluding tert-OH is 2. The smallest absolute Gasteiger partial charge is 0.343 e. The Kier molecular flexibility index (Phi) is 5.40. The highest BCUT2D eigenvalue weighted by Crippen LogP contribution is 2.54. The average molecular weight is 574 g/mol. The van der Waals surface area contributed by atoms with Crippen molar-refractivity contribution in [3.63, 3.8) is 0 Å². The molecule has 0 amide bonds. The zero-order valence-corrected chi connectivity index (χ0v) is 22.5. The molecule has 0 bridgehead atoms. The molecule has 0 fully saturated rings. The van der Waals surface area contributed by atoms with Crippen LogP contribution in [0.4, 0.5) is 0 Å². The van der Waals surface area contributed by atoms with Gasteiger partial charge in [0, 0.05) is 57.7 Å². The zero-order valence-electron chi connectivity index (χ0n) is 22.5. The van der Waals surface area contributed by atoms with Crippen LogP contribution < -0.4 is 9.47 Å². The van der Waals surface area contributed by atoms with Crippen molar-refractivity contribution in [2.24, 2.45) is 0 Å². The lowest BCUT2D eigenvalue weighted by molar-refractivity contribution is -0.117. The molecule has 0 saturated carbocycles. The largest absolute Gasteiger partial charge is 0.507 e. The number of rotatable bonds is 3. The highest BCUT2D eigenvalue weighted by Gasteiger charge is 2.54. The van der Waals surface area contributed by atoms with Crippen LogP contribution in [0.2, 0.25) is 0 Å². The van der Waals surface area contributed by atoms with Crippen molar-refractivity contribution in [2.45, 2.75) is 25.0 Å². The molecule has 0 aromatic heterocycles. The van der Waals surface area contributed by atoms with Crippen molar-refractivity contribution in [1.29, 1.82) is 0 Å². The van der Waals surface area contributed by atoms with E-state index in [9.17, 15) is 39.6 Å². The average Bonchev–Trinajstić information content (AvgIpc) is 2.90. The van der Waals surface area contributed by atoms with Crippen LogP contribution >= 0.6 is 0 Å². The van der Waals surface area contributed by atoms with Gasteiger partial charge < -0.3 is 39.4 Å². The number of phenolic OH excluding ortho intramolecular Hbond substituents is 2. The summed E-state index contributed by atoms with van der Waals surface area (Å²) in [5.74, 6) is -6.80. The van der Waals surface area contributed by atoms with Gasteiger partial charge in [0.15, 0.2) is 22.7 Å². The fourth-order valence-electron chi connectivity index (χ4n) is 5.97. The summed E-state index contributed by atoms with van der Waals surface area (Å²) in [7, 11) is 2.62. The Morgan fingerprint density at radius 2 is 0.976 bits per heavy atom. The van der Waals surface area contributed by atoms with Crippen molar-refractivity contribution in [1.82, 2.24) is 0 Å². The zero-order chi connectivity index (χ0) is 30.5. The van der Waals surface area contributed by atoms with E-state index < -0.39 is 68.9 Å². The maximum atomic E-state index is 13.9. The number of Topliss-reactive ketones (excluding diaryl/α,β-unsaturated/α-hetero) is 2. The number of fused-ring (bicyclic) bond motifs is 6. The molecule has 2 unspecified atom stereocenters. The van der Waals surface area contributed by atoms with E-state index in [1.807, 2.05) is 0 Å². The van der Waals surface area contributed by atoms with Gasteiger partial charge in [-0.2, -0.15) is 0 Å². The lowest BCUT2D eigenvalue weighted by atomic mass is 9.68. The second-order valence-corrected chi connectivity index (χ2v) is 10.3. The number of carbonyl (C=O) groups is 4. The minimum absolute atomic E-state index is 0.0455. The molecule has 2 aliphatic carbocycles. The standard InChI is InChI=1S/C30H22O12/c1-29-9-17(33)25(35)21(23(29)13-5-11(39-3)7-15(31)19(13)27(37)41-29)22-24-14-6-12(40-4)8-16(32)20(14)28(38)42-30(24,2)10-18(34)26(22)36/h5-10,31-34H,1-4H3. The van der Waals surface area contributed by atoms with Crippen LogP contribution in [-0.2, 0) is 19.1 Å².